The maximum atomic E-state index is 12.0. The Morgan fingerprint density at radius 2 is 2.25 bits per heavy atom. The number of carbonyl (C=O) groups is 1. The van der Waals surface area contributed by atoms with Gasteiger partial charge < -0.3 is 15.3 Å². The average Bonchev–Trinajstić information content (AvgIpc) is 2.19. The summed E-state index contributed by atoms with van der Waals surface area (Å²) in [6.07, 6.45) is 2.64. The number of hydrogen-bond acceptors (Lipinski definition) is 3. The number of piperidine rings is 1. The van der Waals surface area contributed by atoms with E-state index in [4.69, 9.17) is 0 Å². The van der Waals surface area contributed by atoms with E-state index in [1.54, 1.807) is 0 Å². The highest BCUT2D eigenvalue weighted by Crippen LogP contribution is 2.23. The molecule has 2 aliphatic heterocycles. The molecule has 0 aliphatic carbocycles. The highest BCUT2D eigenvalue weighted by atomic mass is 16.3. The monoisotopic (exact) mass is 226 g/mol. The first kappa shape index (κ1) is 11.9. The molecule has 2 N–H and O–H groups in total. The van der Waals surface area contributed by atoms with Crippen LogP contribution in [0, 0.1) is 11.8 Å². The standard InChI is InChI=1S/C12H22N2O2/c1-2-3-9-8-14(5-4-11(9)15)12(16)10-6-13-7-10/h9-11,13,15H,2-8H2,1H3. The Kier molecular flexibility index (Phi) is 3.82. The predicted octanol–water partition coefficient (Wildman–Crippen LogP) is 0.215. The minimum absolute atomic E-state index is 0.192. The zero-order valence-corrected chi connectivity index (χ0v) is 9.98. The average molecular weight is 226 g/mol. The molecule has 2 fully saturated rings. The van der Waals surface area contributed by atoms with Crippen molar-refractivity contribution in [1.29, 1.82) is 0 Å². The Morgan fingerprint density at radius 3 is 2.81 bits per heavy atom. The molecule has 2 aliphatic rings. The first-order valence-corrected chi connectivity index (χ1v) is 6.40. The summed E-state index contributed by atoms with van der Waals surface area (Å²) in [6.45, 7) is 5.27. The second-order valence-electron chi connectivity index (χ2n) is 5.04. The number of nitrogens with zero attached hydrogens (tertiary/aromatic N) is 1. The lowest BCUT2D eigenvalue weighted by molar-refractivity contribution is -0.141. The summed E-state index contributed by atoms with van der Waals surface area (Å²) in [6, 6.07) is 0. The molecule has 1 amide bonds. The van der Waals surface area contributed by atoms with Gasteiger partial charge in [-0.1, -0.05) is 13.3 Å². The predicted molar refractivity (Wildman–Crippen MR) is 62.0 cm³/mol. The third kappa shape index (κ3) is 2.38. The summed E-state index contributed by atoms with van der Waals surface area (Å²) in [7, 11) is 0. The molecule has 0 aromatic rings. The number of nitrogens with one attached hydrogen (secondary N) is 1. The van der Waals surface area contributed by atoms with Gasteiger partial charge in [0.05, 0.1) is 12.0 Å². The number of carbonyl (C=O) groups excluding carboxylic acids is 1. The van der Waals surface area contributed by atoms with Crippen molar-refractivity contribution in [2.45, 2.75) is 32.3 Å². The number of hydrogen-bond donors (Lipinski definition) is 2. The van der Waals surface area contributed by atoms with E-state index in [2.05, 4.69) is 12.2 Å². The molecule has 0 aromatic heterocycles. The Bertz CT molecular complexity index is 253. The van der Waals surface area contributed by atoms with Gasteiger partial charge >= 0.3 is 0 Å². The van der Waals surface area contributed by atoms with Gasteiger partial charge in [0.1, 0.15) is 0 Å². The zero-order valence-electron chi connectivity index (χ0n) is 9.98. The van der Waals surface area contributed by atoms with Crippen LogP contribution < -0.4 is 5.32 Å². The molecular weight excluding hydrogens is 204 g/mol. The Balaban J connectivity index is 1.88. The van der Waals surface area contributed by atoms with Crippen LogP contribution in [0.25, 0.3) is 0 Å². The quantitative estimate of drug-likeness (QED) is 0.723. The van der Waals surface area contributed by atoms with E-state index < -0.39 is 0 Å². The molecule has 0 bridgehead atoms. The summed E-state index contributed by atoms with van der Waals surface area (Å²) in [5, 5.41) is 13.0. The highest BCUT2D eigenvalue weighted by Gasteiger charge is 2.34. The fourth-order valence-electron chi connectivity index (χ4n) is 2.60. The topological polar surface area (TPSA) is 52.6 Å². The van der Waals surface area contributed by atoms with Crippen molar-refractivity contribution >= 4 is 5.91 Å². The van der Waals surface area contributed by atoms with Crippen molar-refractivity contribution in [1.82, 2.24) is 10.2 Å². The summed E-state index contributed by atoms with van der Waals surface area (Å²) in [4.78, 5) is 14.0. The second-order valence-corrected chi connectivity index (χ2v) is 5.04. The molecule has 2 rings (SSSR count). The number of aliphatic hydroxyl groups excluding tert-OH is 1. The zero-order chi connectivity index (χ0) is 11.5. The van der Waals surface area contributed by atoms with Crippen LogP contribution in [0.1, 0.15) is 26.2 Å². The van der Waals surface area contributed by atoms with Crippen LogP contribution in [-0.4, -0.2) is 48.2 Å². The van der Waals surface area contributed by atoms with Gasteiger partial charge in [-0.3, -0.25) is 4.79 Å². The fraction of sp³-hybridized carbons (Fsp3) is 0.917. The van der Waals surface area contributed by atoms with Gasteiger partial charge in [0.15, 0.2) is 0 Å². The number of aliphatic hydroxyl groups is 1. The minimum atomic E-state index is -0.205. The lowest BCUT2D eigenvalue weighted by atomic mass is 9.89. The number of rotatable bonds is 3. The molecule has 4 heteroatoms. The van der Waals surface area contributed by atoms with Crippen LogP contribution >= 0.6 is 0 Å². The SMILES string of the molecule is CCCC1CN(C(=O)C2CNC2)CCC1O. The molecule has 2 saturated heterocycles. The van der Waals surface area contributed by atoms with Crippen molar-refractivity contribution in [3.05, 3.63) is 0 Å². The molecule has 2 atom stereocenters. The van der Waals surface area contributed by atoms with Gasteiger partial charge in [-0.15, -0.1) is 0 Å². The van der Waals surface area contributed by atoms with Gasteiger partial charge in [0, 0.05) is 32.1 Å². The maximum Gasteiger partial charge on any atom is 0.228 e. The molecular formula is C12H22N2O2. The van der Waals surface area contributed by atoms with Crippen LogP contribution in [-0.2, 0) is 4.79 Å². The number of amides is 1. The molecule has 16 heavy (non-hydrogen) atoms. The molecule has 92 valence electrons. The highest BCUT2D eigenvalue weighted by molar-refractivity contribution is 5.80. The first-order valence-electron chi connectivity index (χ1n) is 6.40. The van der Waals surface area contributed by atoms with Crippen LogP contribution in [0.2, 0.25) is 0 Å². The summed E-state index contributed by atoms with van der Waals surface area (Å²) in [5.41, 5.74) is 0. The van der Waals surface area contributed by atoms with Crippen LogP contribution in [0.15, 0.2) is 0 Å². The molecule has 0 aromatic carbocycles. The minimum Gasteiger partial charge on any atom is -0.393 e. The first-order chi connectivity index (χ1) is 7.72. The van der Waals surface area contributed by atoms with Crippen LogP contribution in [0.3, 0.4) is 0 Å². The molecule has 2 unspecified atom stereocenters. The third-order valence-electron chi connectivity index (χ3n) is 3.80. The lowest BCUT2D eigenvalue weighted by Crippen LogP contribution is -2.55. The molecule has 0 saturated carbocycles. The van der Waals surface area contributed by atoms with Crippen LogP contribution in [0.5, 0.6) is 0 Å². The number of likely N-dealkylation sites (tertiary alicyclic amines) is 1. The van der Waals surface area contributed by atoms with Crippen molar-refractivity contribution in [2.75, 3.05) is 26.2 Å². The van der Waals surface area contributed by atoms with E-state index in [-0.39, 0.29) is 23.8 Å². The van der Waals surface area contributed by atoms with Crippen molar-refractivity contribution in [2.24, 2.45) is 11.8 Å². The Hall–Kier alpha value is -0.610. The van der Waals surface area contributed by atoms with E-state index in [0.717, 1.165) is 45.4 Å². The van der Waals surface area contributed by atoms with Crippen molar-refractivity contribution in [3.8, 4) is 0 Å². The molecule has 4 nitrogen and oxygen atoms in total. The molecule has 2 heterocycles. The summed E-state index contributed by atoms with van der Waals surface area (Å²) in [5.74, 6) is 0.764. The van der Waals surface area contributed by atoms with Gasteiger partial charge in [-0.05, 0) is 12.8 Å². The fourth-order valence-corrected chi connectivity index (χ4v) is 2.60. The normalized spacial score (nSPS) is 31.2. The summed E-state index contributed by atoms with van der Waals surface area (Å²) >= 11 is 0. The van der Waals surface area contributed by atoms with Gasteiger partial charge in [0.2, 0.25) is 5.91 Å². The second kappa shape index (κ2) is 5.15. The van der Waals surface area contributed by atoms with E-state index in [0.29, 0.717) is 0 Å². The van der Waals surface area contributed by atoms with E-state index in [9.17, 15) is 9.90 Å². The summed E-state index contributed by atoms with van der Waals surface area (Å²) < 4.78 is 0. The maximum absolute atomic E-state index is 12.0. The molecule has 0 radical (unpaired) electrons. The Morgan fingerprint density at radius 1 is 1.50 bits per heavy atom. The third-order valence-corrected chi connectivity index (χ3v) is 3.80. The van der Waals surface area contributed by atoms with E-state index >= 15 is 0 Å². The molecule has 0 spiro atoms. The van der Waals surface area contributed by atoms with Crippen molar-refractivity contribution < 1.29 is 9.90 Å². The smallest absolute Gasteiger partial charge is 0.228 e. The Labute approximate surface area is 97.0 Å². The lowest BCUT2D eigenvalue weighted by Gasteiger charge is -2.39. The van der Waals surface area contributed by atoms with E-state index in [1.807, 2.05) is 4.90 Å². The largest absolute Gasteiger partial charge is 0.393 e. The van der Waals surface area contributed by atoms with Crippen molar-refractivity contribution in [3.63, 3.8) is 0 Å². The van der Waals surface area contributed by atoms with Gasteiger partial charge in [-0.2, -0.15) is 0 Å². The van der Waals surface area contributed by atoms with Gasteiger partial charge in [-0.25, -0.2) is 0 Å². The van der Waals surface area contributed by atoms with E-state index in [1.165, 1.54) is 0 Å². The van der Waals surface area contributed by atoms with Gasteiger partial charge in [0.25, 0.3) is 0 Å². The van der Waals surface area contributed by atoms with Crippen LogP contribution in [0.4, 0.5) is 0 Å².